The highest BCUT2D eigenvalue weighted by Gasteiger charge is 2.15. The predicted octanol–water partition coefficient (Wildman–Crippen LogP) is 2.47. The van der Waals surface area contributed by atoms with Crippen LogP contribution in [0.15, 0.2) is 6.20 Å². The Morgan fingerprint density at radius 3 is 2.77 bits per heavy atom. The Kier molecular flexibility index (Phi) is 2.65. The van der Waals surface area contributed by atoms with Crippen LogP contribution in [0.1, 0.15) is 36.1 Å². The van der Waals surface area contributed by atoms with Crippen molar-refractivity contribution in [3.8, 4) is 0 Å². The summed E-state index contributed by atoms with van der Waals surface area (Å²) in [5.41, 5.74) is 0. The van der Waals surface area contributed by atoms with E-state index >= 15 is 0 Å². The Bertz CT molecular complexity index is 276. The van der Waals surface area contributed by atoms with E-state index in [9.17, 15) is 0 Å². The van der Waals surface area contributed by atoms with Crippen molar-refractivity contribution in [3.05, 3.63) is 16.1 Å². The van der Waals surface area contributed by atoms with Gasteiger partial charge in [0.2, 0.25) is 0 Å². The molecule has 3 heteroatoms. The summed E-state index contributed by atoms with van der Waals surface area (Å²) in [5.74, 6) is 0.579. The van der Waals surface area contributed by atoms with Gasteiger partial charge in [0.15, 0.2) is 0 Å². The molecule has 2 rings (SSSR count). The molecule has 0 radical (unpaired) electrons. The number of hydrogen-bond acceptors (Lipinski definition) is 3. The number of rotatable bonds is 3. The Morgan fingerprint density at radius 2 is 2.31 bits per heavy atom. The molecule has 1 aromatic rings. The first-order chi connectivity index (χ1) is 6.25. The van der Waals surface area contributed by atoms with Crippen LogP contribution in [-0.2, 0) is 6.54 Å². The van der Waals surface area contributed by atoms with Gasteiger partial charge in [-0.3, -0.25) is 4.90 Å². The van der Waals surface area contributed by atoms with Gasteiger partial charge >= 0.3 is 0 Å². The summed E-state index contributed by atoms with van der Waals surface area (Å²) in [6, 6.07) is 0. The summed E-state index contributed by atoms with van der Waals surface area (Å²) >= 11 is 1.87. The summed E-state index contributed by atoms with van der Waals surface area (Å²) in [6.07, 6.45) is 3.41. The van der Waals surface area contributed by atoms with Crippen molar-refractivity contribution in [2.24, 2.45) is 0 Å². The lowest BCUT2D eigenvalue weighted by Crippen LogP contribution is -2.35. The molecule has 1 aliphatic heterocycles. The zero-order valence-electron chi connectivity index (χ0n) is 8.29. The van der Waals surface area contributed by atoms with E-state index in [1.165, 1.54) is 29.4 Å². The normalized spacial score (nSPS) is 17.8. The van der Waals surface area contributed by atoms with Crippen LogP contribution >= 0.6 is 11.3 Å². The van der Waals surface area contributed by atoms with Crippen LogP contribution in [0.25, 0.3) is 0 Å². The molecule has 0 spiro atoms. The van der Waals surface area contributed by atoms with E-state index in [0.29, 0.717) is 5.92 Å². The molecular weight excluding hydrogens is 180 g/mol. The van der Waals surface area contributed by atoms with Crippen molar-refractivity contribution in [1.29, 1.82) is 0 Å². The molecule has 0 saturated carbocycles. The average Bonchev–Trinajstić information content (AvgIpc) is 2.44. The summed E-state index contributed by atoms with van der Waals surface area (Å²) in [6.45, 7) is 8.06. The van der Waals surface area contributed by atoms with Crippen molar-refractivity contribution < 1.29 is 0 Å². The Balaban J connectivity index is 1.96. The Hall–Kier alpha value is -0.410. The van der Waals surface area contributed by atoms with E-state index < -0.39 is 0 Å². The third-order valence-corrected chi connectivity index (χ3v) is 3.68. The minimum atomic E-state index is 0.579. The molecule has 1 saturated heterocycles. The third-order valence-electron chi connectivity index (χ3n) is 2.39. The van der Waals surface area contributed by atoms with Gasteiger partial charge in [0.05, 0.1) is 5.01 Å². The maximum Gasteiger partial charge on any atom is 0.0953 e. The van der Waals surface area contributed by atoms with Gasteiger partial charge in [-0.2, -0.15) is 0 Å². The molecule has 0 aliphatic carbocycles. The molecule has 0 unspecified atom stereocenters. The summed E-state index contributed by atoms with van der Waals surface area (Å²) in [4.78, 5) is 8.31. The molecule has 0 amide bonds. The molecular formula is C10H16N2S. The highest BCUT2D eigenvalue weighted by molar-refractivity contribution is 7.11. The van der Waals surface area contributed by atoms with Gasteiger partial charge in [0.25, 0.3) is 0 Å². The second-order valence-electron chi connectivity index (χ2n) is 3.95. The second kappa shape index (κ2) is 3.76. The first-order valence-electron chi connectivity index (χ1n) is 4.92. The Morgan fingerprint density at radius 1 is 1.54 bits per heavy atom. The fraction of sp³-hybridized carbons (Fsp3) is 0.700. The maximum atomic E-state index is 4.42. The fourth-order valence-corrected chi connectivity index (χ4v) is 2.39. The van der Waals surface area contributed by atoms with E-state index in [0.717, 1.165) is 6.54 Å². The van der Waals surface area contributed by atoms with Crippen LogP contribution in [-0.4, -0.2) is 23.0 Å². The summed E-state index contributed by atoms with van der Waals surface area (Å²) < 4.78 is 0. The van der Waals surface area contributed by atoms with Gasteiger partial charge in [-0.05, 0) is 19.5 Å². The minimum Gasteiger partial charge on any atom is -0.298 e. The highest BCUT2D eigenvalue weighted by Crippen LogP contribution is 2.23. The lowest BCUT2D eigenvalue weighted by molar-refractivity contribution is 0.174. The molecule has 0 bridgehead atoms. The van der Waals surface area contributed by atoms with Crippen LogP contribution in [0.4, 0.5) is 0 Å². The number of hydrogen-bond donors (Lipinski definition) is 0. The van der Waals surface area contributed by atoms with Gasteiger partial charge in [-0.25, -0.2) is 4.98 Å². The third kappa shape index (κ3) is 2.09. The van der Waals surface area contributed by atoms with Crippen molar-refractivity contribution in [2.45, 2.75) is 32.7 Å². The second-order valence-corrected chi connectivity index (χ2v) is 5.10. The predicted molar refractivity (Wildman–Crippen MR) is 56.1 cm³/mol. The largest absolute Gasteiger partial charge is 0.298 e. The van der Waals surface area contributed by atoms with Gasteiger partial charge in [-0.15, -0.1) is 11.3 Å². The van der Waals surface area contributed by atoms with Crippen LogP contribution in [0.2, 0.25) is 0 Å². The molecule has 72 valence electrons. The quantitative estimate of drug-likeness (QED) is 0.738. The van der Waals surface area contributed by atoms with E-state index in [2.05, 4.69) is 23.7 Å². The van der Waals surface area contributed by atoms with Gasteiger partial charge in [0, 0.05) is 23.5 Å². The van der Waals surface area contributed by atoms with Gasteiger partial charge in [-0.1, -0.05) is 13.8 Å². The van der Waals surface area contributed by atoms with Crippen molar-refractivity contribution in [2.75, 3.05) is 13.1 Å². The van der Waals surface area contributed by atoms with Gasteiger partial charge < -0.3 is 0 Å². The molecule has 0 aromatic carbocycles. The lowest BCUT2D eigenvalue weighted by atomic mass is 10.2. The first-order valence-corrected chi connectivity index (χ1v) is 5.74. The fourth-order valence-electron chi connectivity index (χ4n) is 1.42. The lowest BCUT2D eigenvalue weighted by Gasteiger charge is -2.29. The topological polar surface area (TPSA) is 16.1 Å². The van der Waals surface area contributed by atoms with Gasteiger partial charge in [0.1, 0.15) is 0 Å². The zero-order valence-corrected chi connectivity index (χ0v) is 9.10. The smallest absolute Gasteiger partial charge is 0.0953 e. The molecule has 1 aliphatic rings. The van der Waals surface area contributed by atoms with Crippen LogP contribution in [0, 0.1) is 0 Å². The highest BCUT2D eigenvalue weighted by atomic mass is 32.1. The number of likely N-dealkylation sites (tertiary alicyclic amines) is 1. The zero-order chi connectivity index (χ0) is 9.26. The number of nitrogens with zero attached hydrogens (tertiary/aromatic N) is 2. The van der Waals surface area contributed by atoms with Crippen molar-refractivity contribution in [1.82, 2.24) is 9.88 Å². The monoisotopic (exact) mass is 196 g/mol. The summed E-state index contributed by atoms with van der Waals surface area (Å²) in [7, 11) is 0. The molecule has 1 aromatic heterocycles. The average molecular weight is 196 g/mol. The van der Waals surface area contributed by atoms with Crippen LogP contribution in [0.5, 0.6) is 0 Å². The molecule has 2 heterocycles. The molecule has 1 fully saturated rings. The van der Waals surface area contributed by atoms with Crippen LogP contribution < -0.4 is 0 Å². The van der Waals surface area contributed by atoms with Crippen molar-refractivity contribution >= 4 is 11.3 Å². The minimum absolute atomic E-state index is 0.579. The number of aromatic nitrogens is 1. The molecule has 0 N–H and O–H groups in total. The Labute approximate surface area is 83.6 Å². The number of thiazole rings is 1. The van der Waals surface area contributed by atoms with E-state index in [4.69, 9.17) is 0 Å². The van der Waals surface area contributed by atoms with Crippen molar-refractivity contribution in [3.63, 3.8) is 0 Å². The standard InChI is InChI=1S/C10H16N2S/c1-8(2)10-11-6-9(13-10)7-12-4-3-5-12/h6,8H,3-5,7H2,1-2H3. The maximum absolute atomic E-state index is 4.42. The SMILES string of the molecule is CC(C)c1ncc(CN2CCC2)s1. The van der Waals surface area contributed by atoms with E-state index in [1.54, 1.807) is 0 Å². The van der Waals surface area contributed by atoms with E-state index in [1.807, 2.05) is 17.5 Å². The molecule has 13 heavy (non-hydrogen) atoms. The van der Waals surface area contributed by atoms with Crippen LogP contribution in [0.3, 0.4) is 0 Å². The summed E-state index contributed by atoms with van der Waals surface area (Å²) in [5, 5.41) is 1.27. The first kappa shape index (κ1) is 9.16. The molecule has 0 atom stereocenters. The molecule has 2 nitrogen and oxygen atoms in total. The van der Waals surface area contributed by atoms with E-state index in [-0.39, 0.29) is 0 Å².